The van der Waals surface area contributed by atoms with Crippen LogP contribution >= 0.6 is 24.0 Å². The molecular formula is C23H28FIN6O2. The smallest absolute Gasteiger partial charge is 0.219 e. The molecule has 10 heteroatoms. The minimum atomic E-state index is -0.344. The number of pyridine rings is 1. The van der Waals surface area contributed by atoms with Gasteiger partial charge in [-0.15, -0.1) is 24.0 Å². The zero-order valence-corrected chi connectivity index (χ0v) is 20.8. The fourth-order valence-electron chi connectivity index (χ4n) is 3.47. The lowest BCUT2D eigenvalue weighted by Gasteiger charge is -2.36. The highest BCUT2D eigenvalue weighted by atomic mass is 127. The lowest BCUT2D eigenvalue weighted by atomic mass is 10.3. The highest BCUT2D eigenvalue weighted by Crippen LogP contribution is 2.20. The van der Waals surface area contributed by atoms with Gasteiger partial charge in [0.25, 0.3) is 0 Å². The van der Waals surface area contributed by atoms with E-state index in [-0.39, 0.29) is 29.8 Å². The third kappa shape index (κ3) is 7.39. The number of hydrogen-bond acceptors (Lipinski definition) is 6. The van der Waals surface area contributed by atoms with Gasteiger partial charge in [-0.2, -0.15) is 0 Å². The molecule has 0 atom stereocenters. The third-order valence-corrected chi connectivity index (χ3v) is 5.11. The molecule has 1 aromatic carbocycles. The molecule has 176 valence electrons. The van der Waals surface area contributed by atoms with E-state index in [9.17, 15) is 4.39 Å². The summed E-state index contributed by atoms with van der Waals surface area (Å²) in [5.41, 5.74) is 1.92. The van der Waals surface area contributed by atoms with E-state index < -0.39 is 0 Å². The molecule has 33 heavy (non-hydrogen) atoms. The molecule has 4 rings (SSSR count). The summed E-state index contributed by atoms with van der Waals surface area (Å²) in [6, 6.07) is 11.6. The van der Waals surface area contributed by atoms with E-state index in [2.05, 4.69) is 32.2 Å². The van der Waals surface area contributed by atoms with Crippen molar-refractivity contribution in [2.45, 2.75) is 20.0 Å². The number of rotatable bonds is 7. The van der Waals surface area contributed by atoms with Crippen molar-refractivity contribution in [3.8, 4) is 11.6 Å². The minimum absolute atomic E-state index is 0. The van der Waals surface area contributed by atoms with E-state index in [0.717, 1.165) is 56.5 Å². The fraction of sp³-hybridized carbons (Fsp3) is 0.348. The van der Waals surface area contributed by atoms with Crippen molar-refractivity contribution in [1.29, 1.82) is 0 Å². The van der Waals surface area contributed by atoms with Crippen molar-refractivity contribution in [2.24, 2.45) is 4.99 Å². The summed E-state index contributed by atoms with van der Waals surface area (Å²) in [6.45, 7) is 7.83. The number of aliphatic imine (C=N–C) groups is 1. The van der Waals surface area contributed by atoms with Gasteiger partial charge in [0.05, 0.1) is 12.2 Å². The maximum atomic E-state index is 13.3. The highest BCUT2D eigenvalue weighted by Gasteiger charge is 2.20. The number of hydrogen-bond donors (Lipinski definition) is 1. The lowest BCUT2D eigenvalue weighted by molar-refractivity contribution is 0.169. The lowest BCUT2D eigenvalue weighted by Crippen LogP contribution is -2.52. The molecule has 2 aromatic heterocycles. The highest BCUT2D eigenvalue weighted by molar-refractivity contribution is 14.0. The average Bonchev–Trinajstić information content (AvgIpc) is 3.31. The van der Waals surface area contributed by atoms with Crippen LogP contribution in [0.5, 0.6) is 11.6 Å². The fourth-order valence-corrected chi connectivity index (χ4v) is 3.47. The van der Waals surface area contributed by atoms with Gasteiger partial charge in [0.15, 0.2) is 5.96 Å². The maximum Gasteiger partial charge on any atom is 0.219 e. The molecular weight excluding hydrogens is 538 g/mol. The summed E-state index contributed by atoms with van der Waals surface area (Å²) >= 11 is 0. The van der Waals surface area contributed by atoms with Gasteiger partial charge in [0, 0.05) is 63.7 Å². The molecule has 0 spiro atoms. The van der Waals surface area contributed by atoms with Crippen molar-refractivity contribution in [3.05, 3.63) is 72.0 Å². The number of nitrogens with one attached hydrogen (secondary N) is 1. The summed E-state index contributed by atoms with van der Waals surface area (Å²) in [7, 11) is 0. The maximum absolute atomic E-state index is 13.3. The first kappa shape index (κ1) is 24.9. The Morgan fingerprint density at radius 3 is 2.70 bits per heavy atom. The Bertz CT molecular complexity index is 1010. The van der Waals surface area contributed by atoms with Crippen LogP contribution in [0.25, 0.3) is 0 Å². The van der Waals surface area contributed by atoms with Crippen LogP contribution in [0.4, 0.5) is 4.39 Å². The summed E-state index contributed by atoms with van der Waals surface area (Å²) in [5, 5.41) is 7.37. The van der Waals surface area contributed by atoms with Crippen LogP contribution in [0.15, 0.2) is 64.4 Å². The van der Waals surface area contributed by atoms with Crippen LogP contribution in [0.3, 0.4) is 0 Å². The summed E-state index contributed by atoms with van der Waals surface area (Å²) in [4.78, 5) is 13.7. The van der Waals surface area contributed by atoms with Crippen molar-refractivity contribution >= 4 is 29.9 Å². The molecule has 1 aliphatic rings. The molecule has 8 nitrogen and oxygen atoms in total. The van der Waals surface area contributed by atoms with Crippen LogP contribution in [0.1, 0.15) is 18.2 Å². The number of halogens is 2. The first-order valence-corrected chi connectivity index (χ1v) is 10.7. The number of guanidine groups is 1. The topological polar surface area (TPSA) is 79.0 Å². The SMILES string of the molecule is CCNC(=NCc1ccc(Oc2cccc(F)c2)nc1)N1CCN(Cc2ccon2)CC1.I. The molecule has 3 aromatic rings. The summed E-state index contributed by atoms with van der Waals surface area (Å²) < 4.78 is 23.8. The Kier molecular flexibility index (Phi) is 9.43. The van der Waals surface area contributed by atoms with Crippen molar-refractivity contribution in [1.82, 2.24) is 25.3 Å². The molecule has 3 heterocycles. The quantitative estimate of drug-likeness (QED) is 0.264. The van der Waals surface area contributed by atoms with Gasteiger partial charge in [-0.3, -0.25) is 4.90 Å². The van der Waals surface area contributed by atoms with Crippen molar-refractivity contribution in [3.63, 3.8) is 0 Å². The first-order valence-electron chi connectivity index (χ1n) is 10.7. The van der Waals surface area contributed by atoms with Gasteiger partial charge < -0.3 is 19.5 Å². The van der Waals surface area contributed by atoms with Gasteiger partial charge in [-0.25, -0.2) is 14.4 Å². The second-order valence-corrected chi connectivity index (χ2v) is 7.49. The van der Waals surface area contributed by atoms with Crippen molar-refractivity contribution < 1.29 is 13.7 Å². The normalized spacial score (nSPS) is 14.6. The summed E-state index contributed by atoms with van der Waals surface area (Å²) in [5.74, 6) is 1.39. The van der Waals surface area contributed by atoms with Gasteiger partial charge in [-0.05, 0) is 24.6 Å². The number of ether oxygens (including phenoxy) is 1. The first-order chi connectivity index (χ1) is 15.7. The monoisotopic (exact) mass is 566 g/mol. The molecule has 0 radical (unpaired) electrons. The number of benzene rings is 1. The summed E-state index contributed by atoms with van der Waals surface area (Å²) in [6.07, 6.45) is 3.34. The molecule has 0 aliphatic carbocycles. The van der Waals surface area contributed by atoms with Gasteiger partial charge in [0.2, 0.25) is 5.88 Å². The zero-order chi connectivity index (χ0) is 22.2. The Balaban J connectivity index is 0.00000306. The predicted molar refractivity (Wildman–Crippen MR) is 134 cm³/mol. The Morgan fingerprint density at radius 2 is 2.03 bits per heavy atom. The van der Waals surface area contributed by atoms with Crippen LogP contribution in [0.2, 0.25) is 0 Å². The van der Waals surface area contributed by atoms with Gasteiger partial charge >= 0.3 is 0 Å². The molecule has 1 saturated heterocycles. The molecule has 1 N–H and O–H groups in total. The third-order valence-electron chi connectivity index (χ3n) is 5.11. The van der Waals surface area contributed by atoms with E-state index in [1.54, 1.807) is 30.7 Å². The van der Waals surface area contributed by atoms with E-state index in [4.69, 9.17) is 14.3 Å². The molecule has 0 saturated carbocycles. The minimum Gasteiger partial charge on any atom is -0.439 e. The number of nitrogens with zero attached hydrogens (tertiary/aromatic N) is 5. The van der Waals surface area contributed by atoms with E-state index in [0.29, 0.717) is 18.2 Å². The van der Waals surface area contributed by atoms with Crippen LogP contribution in [0, 0.1) is 5.82 Å². The Labute approximate surface area is 209 Å². The molecule has 1 aliphatic heterocycles. The van der Waals surface area contributed by atoms with Crippen molar-refractivity contribution in [2.75, 3.05) is 32.7 Å². The standard InChI is InChI=1S/C23H27FN6O2.HI/c1-2-25-23(30-11-9-29(10-12-30)17-20-8-13-31-28-20)27-16-18-6-7-22(26-15-18)32-21-5-3-4-19(24)14-21;/h3-8,13-15H,2,9-12,16-17H2,1H3,(H,25,27);1H. The van der Waals surface area contributed by atoms with Crippen LogP contribution in [-0.2, 0) is 13.1 Å². The second-order valence-electron chi connectivity index (χ2n) is 7.49. The number of aromatic nitrogens is 2. The van der Waals surface area contributed by atoms with Crippen LogP contribution < -0.4 is 10.1 Å². The Hall–Kier alpha value is -2.73. The zero-order valence-electron chi connectivity index (χ0n) is 18.5. The van der Waals surface area contributed by atoms with Gasteiger partial charge in [0.1, 0.15) is 17.8 Å². The van der Waals surface area contributed by atoms with E-state index in [1.165, 1.54) is 12.1 Å². The molecule has 0 unspecified atom stereocenters. The van der Waals surface area contributed by atoms with E-state index >= 15 is 0 Å². The second kappa shape index (κ2) is 12.5. The van der Waals surface area contributed by atoms with Crippen LogP contribution in [-0.4, -0.2) is 58.6 Å². The molecule has 1 fully saturated rings. The molecule has 0 bridgehead atoms. The number of piperazine rings is 1. The predicted octanol–water partition coefficient (Wildman–Crippen LogP) is 3.90. The van der Waals surface area contributed by atoms with Gasteiger partial charge in [-0.1, -0.05) is 17.3 Å². The largest absolute Gasteiger partial charge is 0.439 e. The Morgan fingerprint density at radius 1 is 1.18 bits per heavy atom. The average molecular weight is 566 g/mol. The molecule has 0 amide bonds. The van der Waals surface area contributed by atoms with E-state index in [1.807, 2.05) is 12.1 Å².